The molecule has 0 heterocycles. The fourth-order valence-corrected chi connectivity index (χ4v) is 1.68. The van der Waals surface area contributed by atoms with E-state index in [1.807, 2.05) is 6.92 Å². The summed E-state index contributed by atoms with van der Waals surface area (Å²) in [6.07, 6.45) is 4.29. The number of hydrogen-bond donors (Lipinski definition) is 1. The second kappa shape index (κ2) is 6.89. The Bertz CT molecular complexity index is 145. The lowest BCUT2D eigenvalue weighted by Gasteiger charge is -2.24. The Morgan fingerprint density at radius 1 is 1.31 bits per heavy atom. The Balaban J connectivity index is 0.000000424. The summed E-state index contributed by atoms with van der Waals surface area (Å²) in [5, 5.41) is 8.71. The van der Waals surface area contributed by atoms with Crippen molar-refractivity contribution in [1.29, 1.82) is 0 Å². The normalized spacial score (nSPS) is 27.3. The molecule has 0 spiro atoms. The number of carbonyl (C=O) groups is 1. The molecule has 1 rings (SSSR count). The van der Waals surface area contributed by atoms with E-state index in [4.69, 9.17) is 5.11 Å². The van der Waals surface area contributed by atoms with E-state index < -0.39 is 5.97 Å². The van der Waals surface area contributed by atoms with Gasteiger partial charge in [-0.05, 0) is 18.8 Å². The molecule has 0 aromatic heterocycles. The van der Waals surface area contributed by atoms with Gasteiger partial charge < -0.3 is 9.84 Å². The molecular formula is C10H20O3. The number of carboxylic acid groups (broad SMARTS) is 1. The molecule has 1 aliphatic rings. The van der Waals surface area contributed by atoms with E-state index in [1.165, 1.54) is 6.42 Å². The lowest BCUT2D eigenvalue weighted by molar-refractivity contribution is -0.144. The van der Waals surface area contributed by atoms with Gasteiger partial charge in [0.05, 0.1) is 5.92 Å². The van der Waals surface area contributed by atoms with Crippen LogP contribution >= 0.6 is 0 Å². The van der Waals surface area contributed by atoms with Gasteiger partial charge in [-0.15, -0.1) is 0 Å². The third-order valence-corrected chi connectivity index (χ3v) is 2.43. The van der Waals surface area contributed by atoms with Crippen LogP contribution in [0.3, 0.4) is 0 Å². The summed E-state index contributed by atoms with van der Waals surface area (Å²) in [5.74, 6) is -0.271. The van der Waals surface area contributed by atoms with Gasteiger partial charge >= 0.3 is 5.97 Å². The van der Waals surface area contributed by atoms with Crippen molar-refractivity contribution in [3.05, 3.63) is 0 Å². The van der Waals surface area contributed by atoms with Gasteiger partial charge in [-0.1, -0.05) is 19.8 Å². The summed E-state index contributed by atoms with van der Waals surface area (Å²) >= 11 is 0. The Morgan fingerprint density at radius 2 is 1.77 bits per heavy atom. The first-order chi connectivity index (χ1) is 6.13. The summed E-state index contributed by atoms with van der Waals surface area (Å²) in [5.41, 5.74) is 0. The van der Waals surface area contributed by atoms with Gasteiger partial charge in [-0.2, -0.15) is 0 Å². The lowest BCUT2D eigenvalue weighted by atomic mass is 9.81. The number of methoxy groups -OCH3 is 1. The highest BCUT2D eigenvalue weighted by molar-refractivity contribution is 5.70. The Morgan fingerprint density at radius 3 is 2.08 bits per heavy atom. The van der Waals surface area contributed by atoms with Gasteiger partial charge in [0, 0.05) is 14.2 Å². The molecule has 1 saturated carbocycles. The van der Waals surface area contributed by atoms with Crippen LogP contribution in [-0.4, -0.2) is 25.3 Å². The summed E-state index contributed by atoms with van der Waals surface area (Å²) in [6, 6.07) is 0. The third kappa shape index (κ3) is 4.88. The van der Waals surface area contributed by atoms with Gasteiger partial charge in [-0.3, -0.25) is 4.79 Å². The molecule has 0 radical (unpaired) electrons. The minimum Gasteiger partial charge on any atom is -0.481 e. The number of ether oxygens (including phenoxy) is 1. The van der Waals surface area contributed by atoms with Gasteiger partial charge in [0.2, 0.25) is 0 Å². The molecule has 0 saturated heterocycles. The Hall–Kier alpha value is -0.570. The van der Waals surface area contributed by atoms with Gasteiger partial charge in [-0.25, -0.2) is 0 Å². The molecule has 0 amide bonds. The fourth-order valence-electron chi connectivity index (χ4n) is 1.68. The summed E-state index contributed by atoms with van der Waals surface area (Å²) in [4.78, 5) is 10.6. The van der Waals surface area contributed by atoms with Crippen LogP contribution in [-0.2, 0) is 9.53 Å². The fraction of sp³-hybridized carbons (Fsp3) is 0.900. The van der Waals surface area contributed by atoms with Crippen molar-refractivity contribution in [2.75, 3.05) is 14.2 Å². The average molecular weight is 188 g/mol. The molecule has 1 N–H and O–H groups in total. The van der Waals surface area contributed by atoms with Crippen LogP contribution in [0, 0.1) is 11.8 Å². The second-order valence-corrected chi connectivity index (χ2v) is 3.61. The van der Waals surface area contributed by atoms with Crippen LogP contribution in [0.4, 0.5) is 0 Å². The predicted molar refractivity (Wildman–Crippen MR) is 51.7 cm³/mol. The van der Waals surface area contributed by atoms with Crippen LogP contribution in [0.15, 0.2) is 0 Å². The Kier molecular flexibility index (Phi) is 6.59. The van der Waals surface area contributed by atoms with Gasteiger partial charge in [0.25, 0.3) is 0 Å². The van der Waals surface area contributed by atoms with Crippen molar-refractivity contribution in [2.24, 2.45) is 11.8 Å². The van der Waals surface area contributed by atoms with Crippen LogP contribution in [0.1, 0.15) is 32.6 Å². The minimum atomic E-state index is -0.604. The topological polar surface area (TPSA) is 46.5 Å². The van der Waals surface area contributed by atoms with E-state index in [-0.39, 0.29) is 5.92 Å². The molecule has 2 unspecified atom stereocenters. The quantitative estimate of drug-likeness (QED) is 0.686. The summed E-state index contributed by atoms with van der Waals surface area (Å²) in [7, 11) is 3.25. The van der Waals surface area contributed by atoms with E-state index in [1.54, 1.807) is 14.2 Å². The monoisotopic (exact) mass is 188 g/mol. The Labute approximate surface area is 80.1 Å². The second-order valence-electron chi connectivity index (χ2n) is 3.61. The van der Waals surface area contributed by atoms with Crippen molar-refractivity contribution in [3.8, 4) is 0 Å². The van der Waals surface area contributed by atoms with E-state index in [2.05, 4.69) is 4.74 Å². The highest BCUT2D eigenvalue weighted by Gasteiger charge is 2.26. The van der Waals surface area contributed by atoms with E-state index in [0.717, 1.165) is 19.3 Å². The van der Waals surface area contributed by atoms with Crippen molar-refractivity contribution in [3.63, 3.8) is 0 Å². The van der Waals surface area contributed by atoms with Crippen molar-refractivity contribution >= 4 is 5.97 Å². The lowest BCUT2D eigenvalue weighted by Crippen LogP contribution is -2.24. The first kappa shape index (κ1) is 12.4. The predicted octanol–water partition coefficient (Wildman–Crippen LogP) is 2.16. The zero-order valence-electron chi connectivity index (χ0n) is 8.75. The maximum absolute atomic E-state index is 10.6. The standard InChI is InChI=1S/C8H14O2.C2H6O/c1-6-4-2-3-5-7(6)8(9)10;1-3-2/h6-7H,2-5H2,1H3,(H,9,10);1-2H3. The maximum atomic E-state index is 10.6. The third-order valence-electron chi connectivity index (χ3n) is 2.43. The first-order valence-corrected chi connectivity index (χ1v) is 4.76. The highest BCUT2D eigenvalue weighted by Crippen LogP contribution is 2.29. The van der Waals surface area contributed by atoms with E-state index in [0.29, 0.717) is 5.92 Å². The maximum Gasteiger partial charge on any atom is 0.306 e. The molecule has 0 bridgehead atoms. The number of rotatable bonds is 1. The summed E-state index contributed by atoms with van der Waals surface area (Å²) < 4.78 is 4.25. The van der Waals surface area contributed by atoms with Crippen LogP contribution in [0.2, 0.25) is 0 Å². The SMILES string of the molecule is CC1CCCCC1C(=O)O.COC. The zero-order chi connectivity index (χ0) is 10.3. The minimum absolute atomic E-state index is 0.0613. The highest BCUT2D eigenvalue weighted by atomic mass is 16.4. The number of hydrogen-bond acceptors (Lipinski definition) is 2. The van der Waals surface area contributed by atoms with Crippen LogP contribution < -0.4 is 0 Å². The number of aliphatic carboxylic acids is 1. The molecule has 0 aromatic rings. The van der Waals surface area contributed by atoms with Crippen molar-refractivity contribution in [2.45, 2.75) is 32.6 Å². The summed E-state index contributed by atoms with van der Waals surface area (Å²) in [6.45, 7) is 2.04. The first-order valence-electron chi connectivity index (χ1n) is 4.76. The average Bonchev–Trinajstić information content (AvgIpc) is 2.06. The van der Waals surface area contributed by atoms with E-state index in [9.17, 15) is 4.79 Å². The molecule has 3 heteroatoms. The molecule has 13 heavy (non-hydrogen) atoms. The molecule has 3 nitrogen and oxygen atoms in total. The van der Waals surface area contributed by atoms with Crippen molar-refractivity contribution in [1.82, 2.24) is 0 Å². The molecule has 78 valence electrons. The molecule has 1 fully saturated rings. The van der Waals surface area contributed by atoms with Gasteiger partial charge in [0.15, 0.2) is 0 Å². The molecule has 0 aliphatic heterocycles. The smallest absolute Gasteiger partial charge is 0.306 e. The van der Waals surface area contributed by atoms with Crippen molar-refractivity contribution < 1.29 is 14.6 Å². The van der Waals surface area contributed by atoms with Gasteiger partial charge in [0.1, 0.15) is 0 Å². The molecule has 2 atom stereocenters. The largest absolute Gasteiger partial charge is 0.481 e. The molecular weight excluding hydrogens is 168 g/mol. The van der Waals surface area contributed by atoms with E-state index >= 15 is 0 Å². The van der Waals surface area contributed by atoms with Crippen LogP contribution in [0.25, 0.3) is 0 Å². The molecule has 0 aromatic carbocycles. The molecule has 1 aliphatic carbocycles. The van der Waals surface area contributed by atoms with Crippen LogP contribution in [0.5, 0.6) is 0 Å². The number of carboxylic acids is 1. The zero-order valence-corrected chi connectivity index (χ0v) is 8.75.